The fraction of sp³-hybridized carbons (Fsp3) is 0.524. The molecule has 2 saturated heterocycles. The van der Waals surface area contributed by atoms with E-state index in [0.29, 0.717) is 42.3 Å². The number of amides is 1. The number of rotatable bonds is 5. The standard InChI is InChI=1S/C21H24N4O5/c26-19(13-25-16-3-1-2-4-17(16)29-21(25)27)24-8-5-14(12-24)11-18-22-20(30-23-18)15-6-9-28-10-7-15/h1-4,14-15H,5-13H2. The van der Waals surface area contributed by atoms with Gasteiger partial charge >= 0.3 is 5.76 Å². The molecule has 1 unspecified atom stereocenters. The van der Waals surface area contributed by atoms with Gasteiger partial charge in [-0.1, -0.05) is 17.3 Å². The molecule has 30 heavy (non-hydrogen) atoms. The molecule has 9 heteroatoms. The molecule has 1 atom stereocenters. The molecule has 0 aliphatic carbocycles. The minimum atomic E-state index is -0.507. The van der Waals surface area contributed by atoms with Crippen LogP contribution >= 0.6 is 0 Å². The van der Waals surface area contributed by atoms with Crippen LogP contribution in [0.3, 0.4) is 0 Å². The van der Waals surface area contributed by atoms with E-state index in [1.807, 2.05) is 6.07 Å². The minimum Gasteiger partial charge on any atom is -0.408 e. The second-order valence-electron chi connectivity index (χ2n) is 8.06. The molecule has 9 nitrogen and oxygen atoms in total. The molecule has 2 aliphatic rings. The number of benzene rings is 1. The molecule has 5 rings (SSSR count). The van der Waals surface area contributed by atoms with E-state index < -0.39 is 5.76 Å². The highest BCUT2D eigenvalue weighted by atomic mass is 16.5. The Hall–Kier alpha value is -2.94. The Morgan fingerprint density at radius 1 is 1.17 bits per heavy atom. The largest absolute Gasteiger partial charge is 0.420 e. The Kier molecular flexibility index (Phi) is 5.12. The van der Waals surface area contributed by atoms with Gasteiger partial charge in [0.15, 0.2) is 11.4 Å². The number of fused-ring (bicyclic) bond motifs is 1. The van der Waals surface area contributed by atoms with Crippen molar-refractivity contribution in [1.82, 2.24) is 19.6 Å². The van der Waals surface area contributed by atoms with Crippen molar-refractivity contribution in [2.24, 2.45) is 5.92 Å². The molecular formula is C21H24N4O5. The van der Waals surface area contributed by atoms with E-state index in [9.17, 15) is 9.59 Å². The van der Waals surface area contributed by atoms with Crippen LogP contribution in [0, 0.1) is 5.92 Å². The molecule has 3 aromatic rings. The number of likely N-dealkylation sites (tertiary alicyclic amines) is 1. The van der Waals surface area contributed by atoms with Crippen LogP contribution in [0.15, 0.2) is 38.0 Å². The summed E-state index contributed by atoms with van der Waals surface area (Å²) in [5.41, 5.74) is 1.13. The van der Waals surface area contributed by atoms with E-state index in [1.54, 1.807) is 23.1 Å². The lowest BCUT2D eigenvalue weighted by atomic mass is 10.0. The van der Waals surface area contributed by atoms with E-state index in [4.69, 9.17) is 13.7 Å². The number of carbonyl (C=O) groups excluding carboxylic acids is 1. The third-order valence-electron chi connectivity index (χ3n) is 6.03. The van der Waals surface area contributed by atoms with E-state index in [0.717, 1.165) is 32.5 Å². The zero-order valence-corrected chi connectivity index (χ0v) is 16.7. The summed E-state index contributed by atoms with van der Waals surface area (Å²) >= 11 is 0. The quantitative estimate of drug-likeness (QED) is 0.631. The van der Waals surface area contributed by atoms with Gasteiger partial charge in [-0.05, 0) is 37.3 Å². The fourth-order valence-corrected chi connectivity index (χ4v) is 4.34. The molecule has 1 amide bonds. The molecule has 0 radical (unpaired) electrons. The molecule has 2 aliphatic heterocycles. The van der Waals surface area contributed by atoms with Crippen LogP contribution in [-0.2, 0) is 22.5 Å². The van der Waals surface area contributed by atoms with Gasteiger partial charge in [0.2, 0.25) is 11.8 Å². The highest BCUT2D eigenvalue weighted by Gasteiger charge is 2.29. The van der Waals surface area contributed by atoms with Crippen molar-refractivity contribution in [3.05, 3.63) is 46.5 Å². The topological polar surface area (TPSA) is 104 Å². The van der Waals surface area contributed by atoms with Gasteiger partial charge in [-0.25, -0.2) is 4.79 Å². The monoisotopic (exact) mass is 412 g/mol. The molecule has 0 N–H and O–H groups in total. The number of hydrogen-bond donors (Lipinski definition) is 0. The molecule has 0 spiro atoms. The molecule has 158 valence electrons. The van der Waals surface area contributed by atoms with Gasteiger partial charge in [0.25, 0.3) is 0 Å². The second kappa shape index (κ2) is 8.06. The number of para-hydroxylation sites is 2. The van der Waals surface area contributed by atoms with Gasteiger partial charge < -0.3 is 18.6 Å². The average Bonchev–Trinajstić information content (AvgIpc) is 3.49. The van der Waals surface area contributed by atoms with E-state index in [-0.39, 0.29) is 24.3 Å². The van der Waals surface area contributed by atoms with Crippen molar-refractivity contribution < 1.29 is 18.5 Å². The SMILES string of the molecule is O=C(Cn1c(=O)oc2ccccc21)N1CCC(Cc2noc(C3CCOCC3)n2)C1. The maximum absolute atomic E-state index is 12.8. The Bertz CT molecular complexity index is 1090. The Morgan fingerprint density at radius 2 is 2.00 bits per heavy atom. The number of hydrogen-bond acceptors (Lipinski definition) is 7. The summed E-state index contributed by atoms with van der Waals surface area (Å²) in [5, 5.41) is 4.14. The smallest absolute Gasteiger partial charge is 0.408 e. The molecule has 0 saturated carbocycles. The maximum Gasteiger partial charge on any atom is 0.420 e. The van der Waals surface area contributed by atoms with Crippen molar-refractivity contribution in [2.75, 3.05) is 26.3 Å². The molecule has 0 bridgehead atoms. The summed E-state index contributed by atoms with van der Waals surface area (Å²) in [6, 6.07) is 7.13. The zero-order valence-electron chi connectivity index (χ0n) is 16.7. The highest BCUT2D eigenvalue weighted by molar-refractivity contribution is 5.79. The number of oxazole rings is 1. The van der Waals surface area contributed by atoms with Crippen LogP contribution in [0.1, 0.15) is 36.9 Å². The molecular weight excluding hydrogens is 388 g/mol. The van der Waals surface area contributed by atoms with Gasteiger partial charge in [-0.2, -0.15) is 4.98 Å². The van der Waals surface area contributed by atoms with Crippen molar-refractivity contribution in [1.29, 1.82) is 0 Å². The Labute approximate surface area is 172 Å². The van der Waals surface area contributed by atoms with Crippen LogP contribution in [-0.4, -0.2) is 51.8 Å². The molecule has 2 aromatic heterocycles. The van der Waals surface area contributed by atoms with Gasteiger partial charge in [0, 0.05) is 38.6 Å². The van der Waals surface area contributed by atoms with Gasteiger partial charge in [-0.15, -0.1) is 0 Å². The first kappa shape index (κ1) is 19.0. The summed E-state index contributed by atoms with van der Waals surface area (Å²) in [6.45, 7) is 2.75. The van der Waals surface area contributed by atoms with Crippen LogP contribution in [0.5, 0.6) is 0 Å². The molecule has 4 heterocycles. The summed E-state index contributed by atoms with van der Waals surface area (Å²) in [6.07, 6.45) is 3.39. The minimum absolute atomic E-state index is 0.0152. The van der Waals surface area contributed by atoms with Gasteiger partial charge in [0.05, 0.1) is 5.52 Å². The maximum atomic E-state index is 12.8. The highest BCUT2D eigenvalue weighted by Crippen LogP contribution is 2.26. The second-order valence-corrected chi connectivity index (χ2v) is 8.06. The van der Waals surface area contributed by atoms with Crippen molar-refractivity contribution in [3.8, 4) is 0 Å². The number of carbonyl (C=O) groups is 1. The number of nitrogens with zero attached hydrogens (tertiary/aromatic N) is 4. The van der Waals surface area contributed by atoms with E-state index in [2.05, 4.69) is 10.1 Å². The average molecular weight is 412 g/mol. The first-order valence-corrected chi connectivity index (χ1v) is 10.4. The van der Waals surface area contributed by atoms with Crippen molar-refractivity contribution >= 4 is 17.0 Å². The molecule has 2 fully saturated rings. The molecule has 1 aromatic carbocycles. The van der Waals surface area contributed by atoms with Crippen LogP contribution < -0.4 is 5.76 Å². The number of aromatic nitrogens is 3. The summed E-state index contributed by atoms with van der Waals surface area (Å²) in [7, 11) is 0. The van der Waals surface area contributed by atoms with Crippen LogP contribution in [0.4, 0.5) is 0 Å². The third-order valence-corrected chi connectivity index (χ3v) is 6.03. The predicted molar refractivity (Wildman–Crippen MR) is 106 cm³/mol. The van der Waals surface area contributed by atoms with Crippen LogP contribution in [0.2, 0.25) is 0 Å². The Balaban J connectivity index is 1.19. The number of ether oxygens (including phenoxy) is 1. The van der Waals surface area contributed by atoms with Crippen LogP contribution in [0.25, 0.3) is 11.1 Å². The van der Waals surface area contributed by atoms with E-state index in [1.165, 1.54) is 4.57 Å². The summed E-state index contributed by atoms with van der Waals surface area (Å²) in [5.74, 6) is 1.38. The fourth-order valence-electron chi connectivity index (χ4n) is 4.34. The van der Waals surface area contributed by atoms with Crippen molar-refractivity contribution in [2.45, 2.75) is 38.1 Å². The zero-order chi connectivity index (χ0) is 20.5. The lowest BCUT2D eigenvalue weighted by Gasteiger charge is -2.18. The first-order chi connectivity index (χ1) is 14.7. The normalized spacial score (nSPS) is 20.3. The summed E-state index contributed by atoms with van der Waals surface area (Å²) in [4.78, 5) is 31.3. The Morgan fingerprint density at radius 3 is 2.87 bits per heavy atom. The summed E-state index contributed by atoms with van der Waals surface area (Å²) < 4.78 is 17.5. The third kappa shape index (κ3) is 3.77. The van der Waals surface area contributed by atoms with E-state index >= 15 is 0 Å². The first-order valence-electron chi connectivity index (χ1n) is 10.4. The van der Waals surface area contributed by atoms with Crippen molar-refractivity contribution in [3.63, 3.8) is 0 Å². The van der Waals surface area contributed by atoms with Gasteiger partial charge in [0.1, 0.15) is 6.54 Å². The lowest BCUT2D eigenvalue weighted by Crippen LogP contribution is -2.34. The lowest BCUT2D eigenvalue weighted by molar-refractivity contribution is -0.130. The van der Waals surface area contributed by atoms with Gasteiger partial charge in [-0.3, -0.25) is 9.36 Å². The predicted octanol–water partition coefficient (Wildman–Crippen LogP) is 1.96.